The molecule has 100 valence electrons. The molecule has 0 radical (unpaired) electrons. The highest BCUT2D eigenvalue weighted by atomic mass is 16.2. The molecule has 3 rings (SSSR count). The molecule has 19 heavy (non-hydrogen) atoms. The molecular formula is C16H19NO2. The maximum Gasteiger partial charge on any atom is 0.237 e. The first-order valence-electron chi connectivity index (χ1n) is 7.19. The van der Waals surface area contributed by atoms with E-state index in [0.717, 1.165) is 37.8 Å². The van der Waals surface area contributed by atoms with Gasteiger partial charge < -0.3 is 0 Å². The van der Waals surface area contributed by atoms with Gasteiger partial charge in [0.25, 0.3) is 0 Å². The predicted molar refractivity (Wildman–Crippen MR) is 73.8 cm³/mol. The lowest BCUT2D eigenvalue weighted by molar-refractivity contribution is -0.122. The van der Waals surface area contributed by atoms with Crippen LogP contribution in [0.2, 0.25) is 0 Å². The second kappa shape index (κ2) is 4.80. The summed E-state index contributed by atoms with van der Waals surface area (Å²) in [7, 11) is 0. The maximum absolute atomic E-state index is 12.4. The van der Waals surface area contributed by atoms with Crippen LogP contribution in [0.25, 0.3) is 0 Å². The number of hydrogen-bond acceptors (Lipinski definition) is 2. The monoisotopic (exact) mass is 257 g/mol. The third-order valence-electron chi connectivity index (χ3n) is 4.44. The van der Waals surface area contributed by atoms with Crippen LogP contribution in [0.5, 0.6) is 0 Å². The standard InChI is InChI=1S/C16H19NO2/c1-2-11-7-9-12(10-8-11)17-15(18)13-5-3-4-6-14(13)16(17)19/h7-10,13-14H,2-6H2,1H3/t13-,14-/m1/s1. The van der Waals surface area contributed by atoms with E-state index in [1.807, 2.05) is 24.3 Å². The number of nitrogens with zero attached hydrogens (tertiary/aromatic N) is 1. The van der Waals surface area contributed by atoms with Crippen LogP contribution in [0, 0.1) is 11.8 Å². The van der Waals surface area contributed by atoms with E-state index in [9.17, 15) is 9.59 Å². The maximum atomic E-state index is 12.4. The number of hydrogen-bond donors (Lipinski definition) is 0. The number of amides is 2. The van der Waals surface area contributed by atoms with Gasteiger partial charge >= 0.3 is 0 Å². The molecule has 2 amide bonds. The molecule has 1 aromatic rings. The van der Waals surface area contributed by atoms with Crippen LogP contribution < -0.4 is 4.90 Å². The second-order valence-corrected chi connectivity index (χ2v) is 5.53. The van der Waals surface area contributed by atoms with E-state index in [1.165, 1.54) is 10.5 Å². The summed E-state index contributed by atoms with van der Waals surface area (Å²) in [4.78, 5) is 26.2. The Labute approximate surface area is 113 Å². The number of carbonyl (C=O) groups is 2. The third kappa shape index (κ3) is 1.97. The highest BCUT2D eigenvalue weighted by Crippen LogP contribution is 2.39. The lowest BCUT2D eigenvalue weighted by Gasteiger charge is -2.19. The number of anilines is 1. The Morgan fingerprint density at radius 1 is 1.00 bits per heavy atom. The van der Waals surface area contributed by atoms with Gasteiger partial charge in [-0.1, -0.05) is 31.9 Å². The Morgan fingerprint density at radius 3 is 2.00 bits per heavy atom. The summed E-state index contributed by atoms with van der Waals surface area (Å²) in [5, 5.41) is 0. The third-order valence-corrected chi connectivity index (χ3v) is 4.44. The molecule has 2 aliphatic rings. The Morgan fingerprint density at radius 2 is 1.53 bits per heavy atom. The first-order valence-corrected chi connectivity index (χ1v) is 7.19. The largest absolute Gasteiger partial charge is 0.274 e. The van der Waals surface area contributed by atoms with Gasteiger partial charge in [-0.15, -0.1) is 0 Å². The average molecular weight is 257 g/mol. The van der Waals surface area contributed by atoms with E-state index in [1.54, 1.807) is 0 Å². The van der Waals surface area contributed by atoms with Gasteiger partial charge in [-0.2, -0.15) is 0 Å². The quantitative estimate of drug-likeness (QED) is 0.764. The Balaban J connectivity index is 1.91. The number of fused-ring (bicyclic) bond motifs is 1. The van der Waals surface area contributed by atoms with Crippen molar-refractivity contribution in [2.75, 3.05) is 4.90 Å². The molecule has 3 heteroatoms. The van der Waals surface area contributed by atoms with Gasteiger partial charge in [-0.25, -0.2) is 0 Å². The summed E-state index contributed by atoms with van der Waals surface area (Å²) in [6.07, 6.45) is 4.86. The molecule has 0 aromatic heterocycles. The summed E-state index contributed by atoms with van der Waals surface area (Å²) in [5.74, 6) is -0.0999. The molecule has 2 atom stereocenters. The van der Waals surface area contributed by atoms with E-state index in [-0.39, 0.29) is 23.7 Å². The topological polar surface area (TPSA) is 37.4 Å². The van der Waals surface area contributed by atoms with Gasteiger partial charge in [-0.05, 0) is 37.0 Å². The van der Waals surface area contributed by atoms with Crippen LogP contribution in [-0.2, 0) is 16.0 Å². The summed E-state index contributed by atoms with van der Waals surface area (Å²) < 4.78 is 0. The van der Waals surface area contributed by atoms with E-state index in [4.69, 9.17) is 0 Å². The normalized spacial score (nSPS) is 26.7. The zero-order valence-electron chi connectivity index (χ0n) is 11.3. The van der Waals surface area contributed by atoms with Crippen molar-refractivity contribution in [1.29, 1.82) is 0 Å². The Bertz CT molecular complexity index is 482. The molecule has 0 unspecified atom stereocenters. The van der Waals surface area contributed by atoms with Crippen LogP contribution in [0.1, 0.15) is 38.2 Å². The van der Waals surface area contributed by atoms with Crippen LogP contribution in [0.3, 0.4) is 0 Å². The predicted octanol–water partition coefficient (Wildman–Crippen LogP) is 2.93. The van der Waals surface area contributed by atoms with Crippen LogP contribution in [0.4, 0.5) is 5.69 Å². The first-order chi connectivity index (χ1) is 9.22. The Hall–Kier alpha value is -1.64. The SMILES string of the molecule is CCc1ccc(N2C(=O)[C@@H]3CCCC[C@H]3C2=O)cc1. The zero-order chi connectivity index (χ0) is 13.4. The fourth-order valence-corrected chi connectivity index (χ4v) is 3.30. The molecule has 0 bridgehead atoms. The zero-order valence-corrected chi connectivity index (χ0v) is 11.3. The van der Waals surface area contributed by atoms with Gasteiger partial charge in [0.1, 0.15) is 0 Å². The van der Waals surface area contributed by atoms with Crippen molar-refractivity contribution in [3.05, 3.63) is 29.8 Å². The van der Waals surface area contributed by atoms with Crippen LogP contribution >= 0.6 is 0 Å². The molecule has 0 N–H and O–H groups in total. The van der Waals surface area contributed by atoms with Gasteiger partial charge in [0.15, 0.2) is 0 Å². The number of benzene rings is 1. The van der Waals surface area contributed by atoms with Crippen molar-refractivity contribution in [3.8, 4) is 0 Å². The average Bonchev–Trinajstić information content (AvgIpc) is 2.72. The van der Waals surface area contributed by atoms with Crippen molar-refractivity contribution >= 4 is 17.5 Å². The minimum absolute atomic E-state index is 0.0129. The summed E-state index contributed by atoms with van der Waals surface area (Å²) in [6.45, 7) is 2.09. The van der Waals surface area contributed by atoms with Crippen molar-refractivity contribution in [2.24, 2.45) is 11.8 Å². The van der Waals surface area contributed by atoms with Gasteiger partial charge in [0.2, 0.25) is 11.8 Å². The molecule has 0 spiro atoms. The van der Waals surface area contributed by atoms with Crippen molar-refractivity contribution < 1.29 is 9.59 Å². The molecule has 1 heterocycles. The number of imide groups is 1. The fourth-order valence-electron chi connectivity index (χ4n) is 3.30. The van der Waals surface area contributed by atoms with Crippen LogP contribution in [-0.4, -0.2) is 11.8 Å². The van der Waals surface area contributed by atoms with E-state index < -0.39 is 0 Å². The van der Waals surface area contributed by atoms with E-state index >= 15 is 0 Å². The van der Waals surface area contributed by atoms with Gasteiger partial charge in [0.05, 0.1) is 17.5 Å². The lowest BCUT2D eigenvalue weighted by Crippen LogP contribution is -2.30. The van der Waals surface area contributed by atoms with E-state index in [2.05, 4.69) is 6.92 Å². The second-order valence-electron chi connectivity index (χ2n) is 5.53. The molecular weight excluding hydrogens is 238 g/mol. The van der Waals surface area contributed by atoms with Crippen molar-refractivity contribution in [3.63, 3.8) is 0 Å². The summed E-state index contributed by atoms with van der Waals surface area (Å²) >= 11 is 0. The minimum atomic E-state index is -0.0629. The molecule has 1 saturated carbocycles. The summed E-state index contributed by atoms with van der Waals surface area (Å²) in [6, 6.07) is 7.79. The van der Waals surface area contributed by atoms with Crippen LogP contribution in [0.15, 0.2) is 24.3 Å². The van der Waals surface area contributed by atoms with Crippen molar-refractivity contribution in [1.82, 2.24) is 0 Å². The van der Waals surface area contributed by atoms with Gasteiger partial charge in [-0.3, -0.25) is 14.5 Å². The molecule has 3 nitrogen and oxygen atoms in total. The lowest BCUT2D eigenvalue weighted by atomic mass is 9.81. The molecule has 1 saturated heterocycles. The summed E-state index contributed by atoms with van der Waals surface area (Å²) in [5.41, 5.74) is 1.96. The highest BCUT2D eigenvalue weighted by Gasteiger charge is 2.48. The smallest absolute Gasteiger partial charge is 0.237 e. The minimum Gasteiger partial charge on any atom is -0.274 e. The molecule has 1 aliphatic carbocycles. The number of rotatable bonds is 2. The number of aryl methyl sites for hydroxylation is 1. The molecule has 1 aromatic carbocycles. The van der Waals surface area contributed by atoms with E-state index in [0.29, 0.717) is 0 Å². The fraction of sp³-hybridized carbons (Fsp3) is 0.500. The van der Waals surface area contributed by atoms with Crippen molar-refractivity contribution in [2.45, 2.75) is 39.0 Å². The molecule has 1 aliphatic heterocycles. The van der Waals surface area contributed by atoms with Gasteiger partial charge in [0, 0.05) is 0 Å². The molecule has 2 fully saturated rings. The first kappa shape index (κ1) is 12.4. The number of carbonyl (C=O) groups excluding carboxylic acids is 2. The Kier molecular flexibility index (Phi) is 3.13. The highest BCUT2D eigenvalue weighted by molar-refractivity contribution is 6.22.